The van der Waals surface area contributed by atoms with Crippen LogP contribution >= 0.6 is 0 Å². The molecule has 21 heavy (non-hydrogen) atoms. The van der Waals surface area contributed by atoms with E-state index in [1.165, 1.54) is 12.1 Å². The van der Waals surface area contributed by atoms with Gasteiger partial charge in [0.1, 0.15) is 5.82 Å². The van der Waals surface area contributed by atoms with Crippen LogP contribution in [0.1, 0.15) is 42.7 Å². The second-order valence-electron chi connectivity index (χ2n) is 6.08. The highest BCUT2D eigenvalue weighted by Crippen LogP contribution is 2.35. The van der Waals surface area contributed by atoms with Crippen molar-refractivity contribution in [3.63, 3.8) is 0 Å². The maximum atomic E-state index is 13.2. The lowest BCUT2D eigenvalue weighted by Crippen LogP contribution is -2.46. The zero-order valence-corrected chi connectivity index (χ0v) is 11.6. The molecule has 0 radical (unpaired) electrons. The van der Waals surface area contributed by atoms with E-state index < -0.39 is 5.97 Å². The van der Waals surface area contributed by atoms with Gasteiger partial charge in [-0.1, -0.05) is 6.07 Å². The number of amides is 1. The topological polar surface area (TPSA) is 66.4 Å². The second kappa shape index (κ2) is 5.47. The highest BCUT2D eigenvalue weighted by atomic mass is 19.1. The molecule has 1 unspecified atom stereocenters. The Morgan fingerprint density at radius 2 is 2.10 bits per heavy atom. The highest BCUT2D eigenvalue weighted by molar-refractivity contribution is 5.85. The molecule has 5 heteroatoms. The van der Waals surface area contributed by atoms with Crippen molar-refractivity contribution in [2.24, 2.45) is 5.92 Å². The van der Waals surface area contributed by atoms with E-state index in [2.05, 4.69) is 5.32 Å². The first-order valence-corrected chi connectivity index (χ1v) is 7.33. The van der Waals surface area contributed by atoms with Crippen molar-refractivity contribution in [1.29, 1.82) is 0 Å². The lowest BCUT2D eigenvalue weighted by Gasteiger charge is -2.35. The van der Waals surface area contributed by atoms with Crippen LogP contribution in [0.2, 0.25) is 0 Å². The predicted molar refractivity (Wildman–Crippen MR) is 74.4 cm³/mol. The number of carboxylic acids is 1. The summed E-state index contributed by atoms with van der Waals surface area (Å²) in [6.07, 6.45) is 3.10. The summed E-state index contributed by atoms with van der Waals surface area (Å²) >= 11 is 0. The summed E-state index contributed by atoms with van der Waals surface area (Å²) in [5.74, 6) is -1.07. The van der Waals surface area contributed by atoms with Gasteiger partial charge in [0.2, 0.25) is 5.91 Å². The summed E-state index contributed by atoms with van der Waals surface area (Å²) < 4.78 is 13.2. The Kier molecular flexibility index (Phi) is 3.66. The average molecular weight is 291 g/mol. The average Bonchev–Trinajstić information content (AvgIpc) is 2.78. The SMILES string of the molecule is O=C(O)CC1CC(NC(=O)C2CCc3cc(F)ccc32)C1. The number of halogens is 1. The van der Waals surface area contributed by atoms with Crippen molar-refractivity contribution in [3.05, 3.63) is 35.1 Å². The number of rotatable bonds is 4. The van der Waals surface area contributed by atoms with Crippen LogP contribution < -0.4 is 5.32 Å². The van der Waals surface area contributed by atoms with Gasteiger partial charge in [-0.2, -0.15) is 0 Å². The number of hydrogen-bond donors (Lipinski definition) is 2. The maximum absolute atomic E-state index is 13.2. The summed E-state index contributed by atoms with van der Waals surface area (Å²) in [7, 11) is 0. The van der Waals surface area contributed by atoms with Gasteiger partial charge in [-0.25, -0.2) is 4.39 Å². The Labute approximate surface area is 122 Å². The first kappa shape index (κ1) is 14.0. The van der Waals surface area contributed by atoms with Crippen LogP contribution in [0.15, 0.2) is 18.2 Å². The zero-order valence-electron chi connectivity index (χ0n) is 11.6. The molecule has 2 aliphatic carbocycles. The van der Waals surface area contributed by atoms with E-state index in [0.29, 0.717) is 0 Å². The third kappa shape index (κ3) is 2.91. The molecule has 0 aromatic heterocycles. The predicted octanol–water partition coefficient (Wildman–Crippen LogP) is 2.22. The zero-order chi connectivity index (χ0) is 15.0. The number of aliphatic carboxylic acids is 1. The summed E-state index contributed by atoms with van der Waals surface area (Å²) in [4.78, 5) is 22.9. The monoisotopic (exact) mass is 291 g/mol. The van der Waals surface area contributed by atoms with Gasteiger partial charge >= 0.3 is 5.97 Å². The van der Waals surface area contributed by atoms with E-state index in [-0.39, 0.29) is 36.0 Å². The van der Waals surface area contributed by atoms with Crippen LogP contribution in [-0.4, -0.2) is 23.0 Å². The molecule has 1 amide bonds. The number of carbonyl (C=O) groups excluding carboxylic acids is 1. The van der Waals surface area contributed by atoms with E-state index in [1.807, 2.05) is 0 Å². The standard InChI is InChI=1S/C16H18FNO3/c17-11-2-4-13-10(8-11)1-3-14(13)16(21)18-12-5-9(6-12)7-15(19)20/h2,4,8-9,12,14H,1,3,5-7H2,(H,18,21)(H,19,20). The fraction of sp³-hybridized carbons (Fsp3) is 0.500. The van der Waals surface area contributed by atoms with Crippen molar-refractivity contribution >= 4 is 11.9 Å². The van der Waals surface area contributed by atoms with Gasteiger partial charge in [0.25, 0.3) is 0 Å². The molecule has 112 valence electrons. The molecular weight excluding hydrogens is 273 g/mol. The molecule has 2 N–H and O–H groups in total. The minimum absolute atomic E-state index is 0.0147. The van der Waals surface area contributed by atoms with Crippen LogP contribution in [0.25, 0.3) is 0 Å². The lowest BCUT2D eigenvalue weighted by atomic mass is 9.78. The highest BCUT2D eigenvalue weighted by Gasteiger charge is 2.35. The van der Waals surface area contributed by atoms with E-state index in [0.717, 1.165) is 36.8 Å². The minimum Gasteiger partial charge on any atom is -0.481 e. The fourth-order valence-electron chi connectivity index (χ4n) is 3.43. The molecule has 4 nitrogen and oxygen atoms in total. The molecule has 0 spiro atoms. The normalized spacial score (nSPS) is 26.8. The summed E-state index contributed by atoms with van der Waals surface area (Å²) in [5, 5.41) is 11.7. The number of carbonyl (C=O) groups is 2. The van der Waals surface area contributed by atoms with E-state index in [9.17, 15) is 14.0 Å². The molecular formula is C16H18FNO3. The number of benzene rings is 1. The Morgan fingerprint density at radius 3 is 2.81 bits per heavy atom. The van der Waals surface area contributed by atoms with Gasteiger partial charge in [-0.05, 0) is 54.9 Å². The molecule has 1 atom stereocenters. The second-order valence-corrected chi connectivity index (χ2v) is 6.08. The van der Waals surface area contributed by atoms with Gasteiger partial charge in [-0.3, -0.25) is 9.59 Å². The third-order valence-corrected chi connectivity index (χ3v) is 4.54. The number of carboxylic acid groups (broad SMARTS) is 1. The Hall–Kier alpha value is -1.91. The quantitative estimate of drug-likeness (QED) is 0.894. The summed E-state index contributed by atoms with van der Waals surface area (Å²) in [6, 6.07) is 4.70. The number of fused-ring (bicyclic) bond motifs is 1. The minimum atomic E-state index is -0.781. The molecule has 0 saturated heterocycles. The molecule has 1 fully saturated rings. The van der Waals surface area contributed by atoms with Gasteiger partial charge in [0, 0.05) is 12.5 Å². The number of nitrogens with one attached hydrogen (secondary N) is 1. The van der Waals surface area contributed by atoms with Crippen LogP contribution in [0.3, 0.4) is 0 Å². The fourth-order valence-corrected chi connectivity index (χ4v) is 3.43. The Bertz CT molecular complexity index is 581. The van der Waals surface area contributed by atoms with Crippen molar-refractivity contribution in [2.45, 2.75) is 44.1 Å². The Balaban J connectivity index is 1.55. The largest absolute Gasteiger partial charge is 0.481 e. The molecule has 0 aliphatic heterocycles. The van der Waals surface area contributed by atoms with Crippen molar-refractivity contribution < 1.29 is 19.1 Å². The molecule has 1 aromatic rings. The molecule has 0 bridgehead atoms. The summed E-state index contributed by atoms with van der Waals surface area (Å²) in [5.41, 5.74) is 1.85. The van der Waals surface area contributed by atoms with Crippen LogP contribution in [0, 0.1) is 11.7 Å². The van der Waals surface area contributed by atoms with E-state index in [4.69, 9.17) is 5.11 Å². The molecule has 2 aliphatic rings. The van der Waals surface area contributed by atoms with Gasteiger partial charge in [0.15, 0.2) is 0 Å². The van der Waals surface area contributed by atoms with Gasteiger partial charge < -0.3 is 10.4 Å². The smallest absolute Gasteiger partial charge is 0.303 e. The van der Waals surface area contributed by atoms with Crippen LogP contribution in [0.5, 0.6) is 0 Å². The molecule has 1 aromatic carbocycles. The van der Waals surface area contributed by atoms with Crippen molar-refractivity contribution in [3.8, 4) is 0 Å². The number of aryl methyl sites for hydroxylation is 1. The van der Waals surface area contributed by atoms with Crippen LogP contribution in [0.4, 0.5) is 4.39 Å². The molecule has 0 heterocycles. The summed E-state index contributed by atoms with van der Waals surface area (Å²) in [6.45, 7) is 0. The lowest BCUT2D eigenvalue weighted by molar-refractivity contribution is -0.139. The molecule has 3 rings (SSSR count). The molecule has 1 saturated carbocycles. The van der Waals surface area contributed by atoms with Gasteiger partial charge in [0.05, 0.1) is 5.92 Å². The van der Waals surface area contributed by atoms with Crippen molar-refractivity contribution in [1.82, 2.24) is 5.32 Å². The number of hydrogen-bond acceptors (Lipinski definition) is 2. The van der Waals surface area contributed by atoms with E-state index >= 15 is 0 Å². The Morgan fingerprint density at radius 1 is 1.33 bits per heavy atom. The first-order chi connectivity index (χ1) is 10.0. The van der Waals surface area contributed by atoms with Gasteiger partial charge in [-0.15, -0.1) is 0 Å². The van der Waals surface area contributed by atoms with Crippen molar-refractivity contribution in [2.75, 3.05) is 0 Å². The van der Waals surface area contributed by atoms with Crippen LogP contribution in [-0.2, 0) is 16.0 Å². The third-order valence-electron chi connectivity index (χ3n) is 4.54. The first-order valence-electron chi connectivity index (χ1n) is 7.33. The maximum Gasteiger partial charge on any atom is 0.303 e. The van der Waals surface area contributed by atoms with E-state index in [1.54, 1.807) is 6.07 Å².